The summed E-state index contributed by atoms with van der Waals surface area (Å²) in [7, 11) is 0. The lowest BCUT2D eigenvalue weighted by Crippen LogP contribution is -2.55. The number of fused-ring (bicyclic) bond motifs is 2. The number of rotatable bonds is 7. The molecule has 3 atom stereocenters. The van der Waals surface area contributed by atoms with E-state index >= 15 is 0 Å². The van der Waals surface area contributed by atoms with Crippen LogP contribution in [0.25, 0.3) is 0 Å². The molecule has 0 saturated heterocycles. The highest BCUT2D eigenvalue weighted by atomic mass is 35.5. The molecule has 14 heteroatoms. The van der Waals surface area contributed by atoms with Gasteiger partial charge in [0.15, 0.2) is 0 Å². The first kappa shape index (κ1) is 41.1. The Morgan fingerprint density at radius 2 is 1.67 bits per heavy atom. The SMILES string of the molecule is CC(C)[C@H]1NC(=O)c2cncc(c2)CCCNC(=O)CN(C(=O)c2csc([C@@H](N)Cc3ccccc3)n2)C[C@@H](Cc2ccccc2)NC1=O.Cl.Cl. The van der Waals surface area contributed by atoms with Gasteiger partial charge in [-0.3, -0.25) is 24.2 Å². The van der Waals surface area contributed by atoms with Crippen LogP contribution in [0.4, 0.5) is 0 Å². The fraction of sp³-hybridized carbons (Fsp3) is 0.351. The molecule has 4 aromatic rings. The van der Waals surface area contributed by atoms with Crippen molar-refractivity contribution in [1.82, 2.24) is 30.8 Å². The lowest BCUT2D eigenvalue weighted by molar-refractivity contribution is -0.124. The molecule has 0 unspecified atom stereocenters. The van der Waals surface area contributed by atoms with Gasteiger partial charge in [-0.15, -0.1) is 36.2 Å². The zero-order valence-electron chi connectivity index (χ0n) is 28.6. The zero-order valence-corrected chi connectivity index (χ0v) is 31.1. The van der Waals surface area contributed by atoms with Gasteiger partial charge in [-0.25, -0.2) is 4.98 Å². The van der Waals surface area contributed by atoms with Crippen LogP contribution in [0.3, 0.4) is 0 Å². The van der Waals surface area contributed by atoms with Crippen molar-refractivity contribution in [2.24, 2.45) is 11.7 Å². The summed E-state index contributed by atoms with van der Waals surface area (Å²) in [6.07, 6.45) is 5.29. The average Bonchev–Trinajstić information content (AvgIpc) is 3.60. The molecule has 0 aliphatic carbocycles. The number of pyridine rings is 1. The maximum absolute atomic E-state index is 14.1. The Hall–Kier alpha value is -4.36. The second kappa shape index (κ2) is 19.9. The van der Waals surface area contributed by atoms with Gasteiger partial charge < -0.3 is 26.6 Å². The molecule has 272 valence electrons. The summed E-state index contributed by atoms with van der Waals surface area (Å²) in [5.41, 5.74) is 9.86. The van der Waals surface area contributed by atoms with Gasteiger partial charge >= 0.3 is 0 Å². The Bertz CT molecular complexity index is 1740. The molecule has 2 aromatic carbocycles. The summed E-state index contributed by atoms with van der Waals surface area (Å²) in [5.74, 6) is -1.80. The highest BCUT2D eigenvalue weighted by Gasteiger charge is 2.30. The van der Waals surface area contributed by atoms with Crippen LogP contribution in [-0.2, 0) is 28.9 Å². The van der Waals surface area contributed by atoms with E-state index in [0.717, 1.165) is 16.7 Å². The molecular weight excluding hydrogens is 709 g/mol. The van der Waals surface area contributed by atoms with Gasteiger partial charge in [0.2, 0.25) is 11.8 Å². The number of halogens is 2. The molecule has 4 amide bonds. The van der Waals surface area contributed by atoms with Crippen molar-refractivity contribution in [1.29, 1.82) is 0 Å². The summed E-state index contributed by atoms with van der Waals surface area (Å²) in [5, 5.41) is 11.2. The Morgan fingerprint density at radius 3 is 2.35 bits per heavy atom. The van der Waals surface area contributed by atoms with E-state index < -0.39 is 35.8 Å². The summed E-state index contributed by atoms with van der Waals surface area (Å²) < 4.78 is 0. The van der Waals surface area contributed by atoms with Gasteiger partial charge in [-0.05, 0) is 54.4 Å². The maximum atomic E-state index is 14.1. The van der Waals surface area contributed by atoms with Crippen LogP contribution in [0.1, 0.15) is 68.9 Å². The normalized spacial score (nSPS) is 17.9. The Balaban J connectivity index is 0.00000351. The second-order valence-corrected chi connectivity index (χ2v) is 13.6. The third-order valence-corrected chi connectivity index (χ3v) is 9.32. The minimum Gasteiger partial charge on any atom is -0.355 e. The smallest absolute Gasteiger partial charge is 0.273 e. The molecule has 1 aliphatic heterocycles. The molecule has 0 saturated carbocycles. The monoisotopic (exact) mass is 753 g/mol. The Labute approximate surface area is 315 Å². The van der Waals surface area contributed by atoms with Crippen LogP contribution in [0.5, 0.6) is 0 Å². The van der Waals surface area contributed by atoms with Gasteiger partial charge in [0.05, 0.1) is 24.2 Å². The third kappa shape index (κ3) is 11.9. The van der Waals surface area contributed by atoms with Crippen LogP contribution in [0.2, 0.25) is 0 Å². The third-order valence-electron chi connectivity index (χ3n) is 8.35. The first-order valence-electron chi connectivity index (χ1n) is 16.6. The van der Waals surface area contributed by atoms with E-state index in [1.807, 2.05) is 74.5 Å². The van der Waals surface area contributed by atoms with Crippen molar-refractivity contribution >= 4 is 59.8 Å². The average molecular weight is 755 g/mol. The highest BCUT2D eigenvalue weighted by molar-refractivity contribution is 7.09. The number of nitrogens with one attached hydrogen (secondary N) is 3. The predicted octanol–water partition coefficient (Wildman–Crippen LogP) is 4.31. The summed E-state index contributed by atoms with van der Waals surface area (Å²) >= 11 is 1.30. The minimum absolute atomic E-state index is 0. The molecule has 0 fully saturated rings. The van der Waals surface area contributed by atoms with E-state index in [9.17, 15) is 19.2 Å². The molecule has 2 bridgehead atoms. The van der Waals surface area contributed by atoms with Gasteiger partial charge in [-0.1, -0.05) is 74.5 Å². The molecule has 1 aliphatic rings. The summed E-state index contributed by atoms with van der Waals surface area (Å²) in [6, 6.07) is 19.3. The predicted molar refractivity (Wildman–Crippen MR) is 203 cm³/mol. The molecule has 0 radical (unpaired) electrons. The largest absolute Gasteiger partial charge is 0.355 e. The number of aryl methyl sites for hydroxylation is 1. The molecule has 11 nitrogen and oxygen atoms in total. The first-order valence-corrected chi connectivity index (χ1v) is 17.4. The van der Waals surface area contributed by atoms with Gasteiger partial charge in [0.25, 0.3) is 11.8 Å². The van der Waals surface area contributed by atoms with Gasteiger partial charge in [-0.2, -0.15) is 0 Å². The van der Waals surface area contributed by atoms with Crippen molar-refractivity contribution < 1.29 is 19.2 Å². The summed E-state index contributed by atoms with van der Waals surface area (Å²) in [6.45, 7) is 3.88. The van der Waals surface area contributed by atoms with E-state index in [4.69, 9.17) is 5.73 Å². The van der Waals surface area contributed by atoms with Crippen molar-refractivity contribution in [3.63, 3.8) is 0 Å². The Kier molecular flexibility index (Phi) is 16.0. The van der Waals surface area contributed by atoms with Crippen molar-refractivity contribution in [3.05, 3.63) is 117 Å². The molecule has 5 N–H and O–H groups in total. The van der Waals surface area contributed by atoms with Crippen LogP contribution >= 0.6 is 36.2 Å². The van der Waals surface area contributed by atoms with E-state index in [1.54, 1.807) is 17.6 Å². The second-order valence-electron chi connectivity index (χ2n) is 12.7. The van der Waals surface area contributed by atoms with Crippen LogP contribution in [-0.4, -0.2) is 70.2 Å². The number of nitrogens with zero attached hydrogens (tertiary/aromatic N) is 3. The van der Waals surface area contributed by atoms with E-state index in [1.165, 1.54) is 22.4 Å². The number of hydrogen-bond donors (Lipinski definition) is 4. The lowest BCUT2D eigenvalue weighted by atomic mass is 10.0. The van der Waals surface area contributed by atoms with Gasteiger partial charge in [0.1, 0.15) is 16.7 Å². The number of nitrogens with two attached hydrogens (primary N) is 1. The topological polar surface area (TPSA) is 159 Å². The lowest BCUT2D eigenvalue weighted by Gasteiger charge is -2.30. The van der Waals surface area contributed by atoms with E-state index in [-0.39, 0.29) is 55.4 Å². The van der Waals surface area contributed by atoms with Crippen LogP contribution in [0, 0.1) is 5.92 Å². The minimum atomic E-state index is -0.857. The Morgan fingerprint density at radius 1 is 0.980 bits per heavy atom. The van der Waals surface area contributed by atoms with E-state index in [0.29, 0.717) is 42.8 Å². The van der Waals surface area contributed by atoms with Crippen molar-refractivity contribution in [2.45, 2.75) is 57.7 Å². The number of aromatic nitrogens is 2. The van der Waals surface area contributed by atoms with Gasteiger partial charge in [0, 0.05) is 30.9 Å². The maximum Gasteiger partial charge on any atom is 0.273 e. The highest BCUT2D eigenvalue weighted by Crippen LogP contribution is 2.22. The molecule has 51 heavy (non-hydrogen) atoms. The number of hydrogen-bond acceptors (Lipinski definition) is 8. The fourth-order valence-corrected chi connectivity index (χ4v) is 6.56. The standard InChI is InChI=1S/C37H43N7O4S.2ClH/c1-24(2)33-35(47)41-29(17-25-10-5-3-6-11-25)21-44(22-32(45)40-15-9-14-27-16-28(20-39-19-27)34(46)43-33)37(48)31-23-49-36(42-31)30(38)18-26-12-7-4-8-13-26;;/h3-8,10-13,16,19-20,23-24,29-30,33H,9,14-15,17-18,21-22,38H2,1-2H3,(H,40,45)(H,41,47)(H,43,46);2*1H/t29-,30+,33-;;/m1../s1. The quantitative estimate of drug-likeness (QED) is 0.219. The molecule has 2 aromatic heterocycles. The number of carbonyl (C=O) groups is 4. The fourth-order valence-electron chi connectivity index (χ4n) is 5.77. The molecule has 3 heterocycles. The number of carbonyl (C=O) groups excluding carboxylic acids is 4. The first-order chi connectivity index (χ1) is 23.7. The molecule has 0 spiro atoms. The van der Waals surface area contributed by atoms with Crippen LogP contribution < -0.4 is 21.7 Å². The molecular formula is C37H45Cl2N7O4S. The van der Waals surface area contributed by atoms with Crippen molar-refractivity contribution in [2.75, 3.05) is 19.6 Å². The number of benzene rings is 2. The van der Waals surface area contributed by atoms with Crippen LogP contribution in [0.15, 0.2) is 84.5 Å². The summed E-state index contributed by atoms with van der Waals surface area (Å²) in [4.78, 5) is 64.8. The molecule has 5 rings (SSSR count). The van der Waals surface area contributed by atoms with E-state index in [2.05, 4.69) is 25.9 Å². The van der Waals surface area contributed by atoms with Crippen molar-refractivity contribution in [3.8, 4) is 0 Å². The zero-order chi connectivity index (χ0) is 34.8. The number of thiazole rings is 1. The number of amides is 4.